The van der Waals surface area contributed by atoms with Crippen LogP contribution in [0.5, 0.6) is 5.75 Å². The molecular weight excluding hydrogens is 392 g/mol. The number of allylic oxidation sites excluding steroid dienone is 1. The average molecular weight is 418 g/mol. The second-order valence-corrected chi connectivity index (χ2v) is 7.70. The van der Waals surface area contributed by atoms with Crippen LogP contribution in [0.3, 0.4) is 0 Å². The standard InChI is InChI=1S/C25H26N2O4/c1-30-21-10-6-5-9-18(21)16-23-25(29)27-20-15-19(11-12-22(20)31-23)24(28)26-14-13-17-7-3-2-4-8-17/h5-7,9-12,15-16,22H,2-4,8,13-14H2,1H3,(H,26,28)/b23-16-. The molecule has 1 atom stereocenters. The molecule has 1 aromatic carbocycles. The molecular formula is C25H26N2O4. The first-order chi connectivity index (χ1) is 15.1. The lowest BCUT2D eigenvalue weighted by Crippen LogP contribution is -2.33. The minimum absolute atomic E-state index is 0.143. The predicted octanol–water partition coefficient (Wildman–Crippen LogP) is 3.91. The maximum Gasteiger partial charge on any atom is 0.312 e. The molecule has 6 nitrogen and oxygen atoms in total. The number of methoxy groups -OCH3 is 1. The number of fused-ring (bicyclic) bond motifs is 1. The molecule has 4 rings (SSSR count). The van der Waals surface area contributed by atoms with E-state index in [1.807, 2.05) is 24.3 Å². The van der Waals surface area contributed by atoms with Gasteiger partial charge in [0.25, 0.3) is 5.91 Å². The van der Waals surface area contributed by atoms with Gasteiger partial charge in [0, 0.05) is 17.7 Å². The summed E-state index contributed by atoms with van der Waals surface area (Å²) >= 11 is 0. The third-order valence-corrected chi connectivity index (χ3v) is 5.55. The van der Waals surface area contributed by atoms with Gasteiger partial charge in [-0.1, -0.05) is 29.8 Å². The van der Waals surface area contributed by atoms with Crippen LogP contribution in [0.1, 0.15) is 37.7 Å². The van der Waals surface area contributed by atoms with Crippen LogP contribution in [-0.2, 0) is 14.3 Å². The highest BCUT2D eigenvalue weighted by Gasteiger charge is 2.29. The molecule has 160 valence electrons. The van der Waals surface area contributed by atoms with Gasteiger partial charge >= 0.3 is 5.91 Å². The molecule has 0 saturated carbocycles. The third-order valence-electron chi connectivity index (χ3n) is 5.55. The summed E-state index contributed by atoms with van der Waals surface area (Å²) in [6, 6.07) is 7.36. The molecule has 1 unspecified atom stereocenters. The molecule has 2 aliphatic carbocycles. The molecule has 3 aliphatic rings. The molecule has 1 N–H and O–H groups in total. The van der Waals surface area contributed by atoms with Crippen molar-refractivity contribution in [2.24, 2.45) is 4.99 Å². The molecule has 1 heterocycles. The Bertz CT molecular complexity index is 1030. The summed E-state index contributed by atoms with van der Waals surface area (Å²) in [5, 5.41) is 2.96. The molecule has 1 aliphatic heterocycles. The summed E-state index contributed by atoms with van der Waals surface area (Å²) in [5.41, 5.74) is 3.06. The number of ether oxygens (including phenoxy) is 2. The van der Waals surface area contributed by atoms with Gasteiger partial charge in [0.2, 0.25) is 0 Å². The molecule has 1 aromatic rings. The number of rotatable bonds is 6. The van der Waals surface area contributed by atoms with E-state index in [1.165, 1.54) is 18.4 Å². The maximum atomic E-state index is 12.5. The molecule has 31 heavy (non-hydrogen) atoms. The fourth-order valence-electron chi connectivity index (χ4n) is 3.87. The number of hydrogen-bond acceptors (Lipinski definition) is 4. The highest BCUT2D eigenvalue weighted by atomic mass is 16.5. The number of para-hydroxylation sites is 1. The van der Waals surface area contributed by atoms with E-state index in [2.05, 4.69) is 16.4 Å². The third kappa shape index (κ3) is 5.02. The van der Waals surface area contributed by atoms with Crippen molar-refractivity contribution < 1.29 is 19.1 Å². The largest absolute Gasteiger partial charge is 0.496 e. The van der Waals surface area contributed by atoms with Crippen molar-refractivity contribution in [1.82, 2.24) is 5.32 Å². The van der Waals surface area contributed by atoms with Crippen LogP contribution in [0, 0.1) is 0 Å². The minimum atomic E-state index is -0.498. The van der Waals surface area contributed by atoms with E-state index < -0.39 is 12.0 Å². The molecule has 6 heteroatoms. The van der Waals surface area contributed by atoms with Crippen LogP contribution in [0.2, 0.25) is 0 Å². The number of nitrogens with one attached hydrogen (secondary N) is 1. The van der Waals surface area contributed by atoms with Crippen LogP contribution in [-0.4, -0.2) is 37.3 Å². The fourth-order valence-corrected chi connectivity index (χ4v) is 3.87. The van der Waals surface area contributed by atoms with Gasteiger partial charge in [0.15, 0.2) is 11.9 Å². The molecule has 2 amide bonds. The van der Waals surface area contributed by atoms with Crippen molar-refractivity contribution in [1.29, 1.82) is 0 Å². The van der Waals surface area contributed by atoms with Gasteiger partial charge in [0.1, 0.15) is 5.75 Å². The van der Waals surface area contributed by atoms with E-state index in [0.717, 1.165) is 24.8 Å². The Labute approximate surface area is 182 Å². The zero-order valence-corrected chi connectivity index (χ0v) is 17.6. The number of amides is 2. The first-order valence-electron chi connectivity index (χ1n) is 10.6. The molecule has 0 fully saturated rings. The molecule has 0 radical (unpaired) electrons. The summed E-state index contributed by atoms with van der Waals surface area (Å²) in [5.74, 6) is 0.137. The smallest absolute Gasteiger partial charge is 0.312 e. The van der Waals surface area contributed by atoms with Crippen molar-refractivity contribution in [3.63, 3.8) is 0 Å². The quantitative estimate of drug-likeness (QED) is 0.561. The maximum absolute atomic E-state index is 12.5. The predicted molar refractivity (Wildman–Crippen MR) is 120 cm³/mol. The Morgan fingerprint density at radius 2 is 2.19 bits per heavy atom. The number of benzene rings is 1. The van der Waals surface area contributed by atoms with Gasteiger partial charge in [-0.25, -0.2) is 4.99 Å². The van der Waals surface area contributed by atoms with E-state index in [1.54, 1.807) is 31.4 Å². The Morgan fingerprint density at radius 3 is 3.00 bits per heavy atom. The number of hydrogen-bond donors (Lipinski definition) is 1. The summed E-state index contributed by atoms with van der Waals surface area (Å²) < 4.78 is 11.2. The van der Waals surface area contributed by atoms with Gasteiger partial charge in [-0.2, -0.15) is 0 Å². The van der Waals surface area contributed by atoms with Crippen molar-refractivity contribution in [2.75, 3.05) is 13.7 Å². The highest BCUT2D eigenvalue weighted by Crippen LogP contribution is 2.26. The lowest BCUT2D eigenvalue weighted by molar-refractivity contribution is -0.119. The van der Waals surface area contributed by atoms with Crippen molar-refractivity contribution >= 4 is 23.6 Å². The summed E-state index contributed by atoms with van der Waals surface area (Å²) in [6.45, 7) is 0.604. The van der Waals surface area contributed by atoms with E-state index in [9.17, 15) is 9.59 Å². The first-order valence-corrected chi connectivity index (χ1v) is 10.6. The second-order valence-electron chi connectivity index (χ2n) is 7.70. The summed E-state index contributed by atoms with van der Waals surface area (Å²) in [4.78, 5) is 29.2. The van der Waals surface area contributed by atoms with E-state index in [0.29, 0.717) is 23.6 Å². The van der Waals surface area contributed by atoms with Crippen LogP contribution >= 0.6 is 0 Å². The van der Waals surface area contributed by atoms with E-state index >= 15 is 0 Å². The van der Waals surface area contributed by atoms with E-state index in [4.69, 9.17) is 9.47 Å². The Kier molecular flexibility index (Phi) is 6.46. The van der Waals surface area contributed by atoms with Crippen molar-refractivity contribution in [3.8, 4) is 5.75 Å². The van der Waals surface area contributed by atoms with Crippen LogP contribution in [0.15, 0.2) is 70.5 Å². The minimum Gasteiger partial charge on any atom is -0.496 e. The lowest BCUT2D eigenvalue weighted by atomic mass is 9.97. The Hall–Kier alpha value is -3.41. The second kappa shape index (κ2) is 9.60. The van der Waals surface area contributed by atoms with Gasteiger partial charge < -0.3 is 14.8 Å². The Balaban J connectivity index is 1.42. The number of aliphatic imine (C=N–C) groups is 1. The Morgan fingerprint density at radius 1 is 1.32 bits per heavy atom. The first kappa shape index (κ1) is 20.8. The van der Waals surface area contributed by atoms with Crippen molar-refractivity contribution in [2.45, 2.75) is 38.2 Å². The molecule has 0 aromatic heterocycles. The molecule has 0 bridgehead atoms. The van der Waals surface area contributed by atoms with Crippen LogP contribution < -0.4 is 10.1 Å². The average Bonchev–Trinajstić information content (AvgIpc) is 2.80. The van der Waals surface area contributed by atoms with Crippen LogP contribution in [0.25, 0.3) is 6.08 Å². The summed E-state index contributed by atoms with van der Waals surface area (Å²) in [6.07, 6.45) is 14.1. The highest BCUT2D eigenvalue weighted by molar-refractivity contribution is 6.16. The fraction of sp³-hybridized carbons (Fsp3) is 0.320. The lowest BCUT2D eigenvalue weighted by Gasteiger charge is -2.24. The van der Waals surface area contributed by atoms with Crippen molar-refractivity contribution in [3.05, 3.63) is 71.0 Å². The topological polar surface area (TPSA) is 77.0 Å². The molecule has 0 saturated heterocycles. The zero-order chi connectivity index (χ0) is 21.6. The zero-order valence-electron chi connectivity index (χ0n) is 17.6. The van der Waals surface area contributed by atoms with Gasteiger partial charge in [-0.15, -0.1) is 0 Å². The number of carbonyl (C=O) groups is 2. The van der Waals surface area contributed by atoms with Gasteiger partial charge in [0.05, 0.1) is 12.8 Å². The SMILES string of the molecule is COc1ccccc1/C=C1\OC2C=CC(C(=O)NCCC3=CCCCC3)=CC2=NC1=O. The summed E-state index contributed by atoms with van der Waals surface area (Å²) in [7, 11) is 1.57. The van der Waals surface area contributed by atoms with Gasteiger partial charge in [-0.05, 0) is 62.5 Å². The van der Waals surface area contributed by atoms with Gasteiger partial charge in [-0.3, -0.25) is 9.59 Å². The van der Waals surface area contributed by atoms with E-state index in [-0.39, 0.29) is 11.7 Å². The normalized spacial score (nSPS) is 21.5. The number of nitrogens with zero attached hydrogens (tertiary/aromatic N) is 1. The monoisotopic (exact) mass is 418 g/mol. The van der Waals surface area contributed by atoms with Crippen LogP contribution in [0.4, 0.5) is 0 Å². The molecule has 0 spiro atoms. The number of carbonyl (C=O) groups excluding carboxylic acids is 2.